The first-order valence-electron chi connectivity index (χ1n) is 0.670. The Kier molecular flexibility index (Phi) is 70.1. The molecule has 0 aliphatic heterocycles. The summed E-state index contributed by atoms with van der Waals surface area (Å²) in [7, 11) is -0.137. The summed E-state index contributed by atoms with van der Waals surface area (Å²) in [6, 6.07) is 0. The van der Waals surface area contributed by atoms with E-state index >= 15 is 0 Å². The van der Waals surface area contributed by atoms with E-state index in [1.807, 2.05) is 0 Å². The van der Waals surface area contributed by atoms with E-state index < -0.39 is 9.33 Å². The lowest BCUT2D eigenvalue weighted by atomic mass is 15.9. The molecule has 0 unspecified atom stereocenters. The lowest BCUT2D eigenvalue weighted by molar-refractivity contribution is 0.501. The van der Waals surface area contributed by atoms with Crippen LogP contribution in [-0.2, 0) is 9.33 Å². The van der Waals surface area contributed by atoms with Crippen molar-refractivity contribution in [2.24, 2.45) is 0 Å². The molecular weight excluding hydrogens is 293 g/mol. The summed E-state index contributed by atoms with van der Waals surface area (Å²) in [5, 5.41) is 0. The Morgan fingerprint density at radius 3 is 0.900 bits per heavy atom. The highest BCUT2D eigenvalue weighted by atomic mass is 35.7. The zero-order valence-corrected chi connectivity index (χ0v) is 9.75. The van der Waals surface area contributed by atoms with Crippen molar-refractivity contribution in [3.8, 4) is 0 Å². The lowest BCUT2D eigenvalue weighted by Crippen LogP contribution is -1.77. The second-order valence-electron chi connectivity index (χ2n) is 0.412. The van der Waals surface area contributed by atoms with Gasteiger partial charge >= 0.3 is 9.33 Å². The minimum atomic E-state index is -4.19. The molecule has 0 aromatic rings. The molecule has 1 N–H and O–H groups in total. The summed E-state index contributed by atoms with van der Waals surface area (Å²) in [5.41, 5.74) is 0. The first-order valence-corrected chi connectivity index (χ1v) is 2.94. The molecule has 0 bridgehead atoms. The highest BCUT2D eigenvalue weighted by molar-refractivity contribution is 8.09. The van der Waals surface area contributed by atoms with Crippen LogP contribution in [0.5, 0.6) is 0 Å². The van der Waals surface area contributed by atoms with Crippen molar-refractivity contribution in [3.63, 3.8) is 0 Å². The van der Waals surface area contributed by atoms with Gasteiger partial charge < -0.3 is 0 Å². The first-order chi connectivity index (χ1) is 2.00. The van der Waals surface area contributed by atoms with Crippen molar-refractivity contribution < 1.29 is 13.0 Å². The Morgan fingerprint density at radius 1 is 0.900 bits per heavy atom. The molecule has 0 fully saturated rings. The average Bonchev–Trinajstić information content (AvgIpc) is 0.722. The Bertz CT molecular complexity index is 96.2. The first kappa shape index (κ1) is 41.4. The molecule has 10 heavy (non-hydrogen) atoms. The van der Waals surface area contributed by atoms with Crippen molar-refractivity contribution in [1.29, 1.82) is 0 Å². The van der Waals surface area contributed by atoms with Gasteiger partial charge in [-0.3, -0.25) is 4.55 Å². The number of hydrogen-bond donors (Lipinski definition) is 1. The van der Waals surface area contributed by atoms with Gasteiger partial charge in [-0.25, -0.2) is 0 Å². The molecule has 0 heterocycles. The molecule has 0 spiro atoms. The van der Waals surface area contributed by atoms with Crippen LogP contribution in [0.2, 0.25) is 0 Å². The van der Waals surface area contributed by atoms with Crippen LogP contribution in [0.1, 0.15) is 0 Å². The maximum atomic E-state index is 8.95. The van der Waals surface area contributed by atoms with E-state index in [2.05, 4.69) is 10.7 Å². The number of halogens is 6. The van der Waals surface area contributed by atoms with Crippen molar-refractivity contribution in [2.45, 2.75) is 0 Å². The average molecular weight is 299 g/mol. The smallest absolute Gasteiger partial charge is 0.273 e. The van der Waals surface area contributed by atoms with Crippen LogP contribution in [0.3, 0.4) is 0 Å². The molecule has 0 aliphatic carbocycles. The minimum Gasteiger partial charge on any atom is -0.273 e. The van der Waals surface area contributed by atoms with Gasteiger partial charge in [-0.05, 0) is 0 Å². The van der Waals surface area contributed by atoms with Crippen molar-refractivity contribution in [2.75, 3.05) is 0 Å². The molecule has 0 atom stereocenters. The van der Waals surface area contributed by atoms with E-state index in [1.54, 1.807) is 0 Å². The molecule has 0 saturated carbocycles. The predicted octanol–water partition coefficient (Wildman–Crippen LogP) is 2.14. The number of rotatable bonds is 0. The lowest BCUT2D eigenvalue weighted by Gasteiger charge is -1.65. The summed E-state index contributed by atoms with van der Waals surface area (Å²) in [4.78, 5) is 0. The third kappa shape index (κ3) is 265. The Balaban J connectivity index is -0.00000000800. The molecule has 0 radical (unpaired) electrons. The summed E-state index contributed by atoms with van der Waals surface area (Å²) < 4.78 is 25.2. The van der Waals surface area contributed by atoms with Crippen LogP contribution < -0.4 is 0 Å². The van der Waals surface area contributed by atoms with Crippen LogP contribution in [0, 0.1) is 0 Å². The normalized spacial score (nSPS) is 5.80. The number of hydrogen-bond acceptors (Lipinski definition) is 2. The summed E-state index contributed by atoms with van der Waals surface area (Å²) in [5.74, 6) is 0. The van der Waals surface area contributed by atoms with Gasteiger partial charge in [0.15, 0.2) is 0 Å². The molecule has 72 valence electrons. The second-order valence-corrected chi connectivity index (χ2v) is 2.41. The molecule has 0 amide bonds. The zero-order chi connectivity index (χ0) is 4.50. The van der Waals surface area contributed by atoms with E-state index in [-0.39, 0.29) is 62.0 Å². The van der Waals surface area contributed by atoms with Crippen LogP contribution in [0.15, 0.2) is 0 Å². The van der Waals surface area contributed by atoms with Crippen LogP contribution in [-0.4, -0.2) is 13.0 Å². The topological polar surface area (TPSA) is 54.4 Å². The van der Waals surface area contributed by atoms with E-state index in [9.17, 15) is 0 Å². The van der Waals surface area contributed by atoms with Gasteiger partial charge in [0.05, 0.1) is 0 Å². The van der Waals surface area contributed by atoms with E-state index in [0.717, 1.165) is 0 Å². The summed E-state index contributed by atoms with van der Waals surface area (Å²) in [6.07, 6.45) is 0. The van der Waals surface area contributed by atoms with Gasteiger partial charge in [0.25, 0.3) is 0 Å². The van der Waals surface area contributed by atoms with E-state index in [4.69, 9.17) is 13.0 Å². The highest BCUT2D eigenvalue weighted by Crippen LogP contribution is 1.82. The van der Waals surface area contributed by atoms with Crippen LogP contribution in [0.4, 0.5) is 0 Å². The predicted molar refractivity (Wildman–Crippen MR) is 53.6 cm³/mol. The Morgan fingerprint density at radius 2 is 0.900 bits per heavy atom. The fourth-order valence-corrected chi connectivity index (χ4v) is 0. The zero-order valence-electron chi connectivity index (χ0n) is 4.09. The van der Waals surface area contributed by atoms with Crippen LogP contribution in [0.25, 0.3) is 0 Å². The Labute approximate surface area is 94.6 Å². The SMILES string of the molecule is Cl.Cl.Cl.Cl.Cl.O=S(=O)(O)Cl. The van der Waals surface area contributed by atoms with Gasteiger partial charge in [0.2, 0.25) is 0 Å². The second kappa shape index (κ2) is 16.9. The van der Waals surface area contributed by atoms with Gasteiger partial charge in [-0.15, -0.1) is 62.0 Å². The van der Waals surface area contributed by atoms with Crippen LogP contribution >= 0.6 is 72.7 Å². The third-order valence-corrected chi connectivity index (χ3v) is 0. The molecule has 10 heteroatoms. The van der Waals surface area contributed by atoms with Gasteiger partial charge in [-0.2, -0.15) is 8.42 Å². The van der Waals surface area contributed by atoms with E-state index in [1.165, 1.54) is 0 Å². The highest BCUT2D eigenvalue weighted by Gasteiger charge is 1.86. The summed E-state index contributed by atoms with van der Waals surface area (Å²) >= 11 is 0. The fraction of sp³-hybridized carbons (Fsp3) is 0. The standard InChI is InChI=1S/ClHO3S.5ClH/c1-5(2,3)4;;;;;/h(H,2,3,4);5*1H. The van der Waals surface area contributed by atoms with Crippen molar-refractivity contribution in [1.82, 2.24) is 0 Å². The molecular formula is H6Cl6O3S. The van der Waals surface area contributed by atoms with Crippen molar-refractivity contribution in [3.05, 3.63) is 0 Å². The Hall–Kier alpha value is 1.65. The molecule has 0 aromatic heterocycles. The van der Waals surface area contributed by atoms with Gasteiger partial charge in [-0.1, -0.05) is 0 Å². The molecule has 0 saturated heterocycles. The van der Waals surface area contributed by atoms with E-state index in [0.29, 0.717) is 0 Å². The largest absolute Gasteiger partial charge is 0.353 e. The summed E-state index contributed by atoms with van der Waals surface area (Å²) in [6.45, 7) is 0. The maximum absolute atomic E-state index is 8.95. The maximum Gasteiger partial charge on any atom is 0.353 e. The third-order valence-electron chi connectivity index (χ3n) is 0. The quantitative estimate of drug-likeness (QED) is 0.551. The fourth-order valence-electron chi connectivity index (χ4n) is 0. The molecule has 3 nitrogen and oxygen atoms in total. The molecule has 0 rings (SSSR count). The minimum absolute atomic E-state index is 0. The molecule has 0 aromatic carbocycles. The monoisotopic (exact) mass is 296 g/mol. The van der Waals surface area contributed by atoms with Crippen molar-refractivity contribution >= 4 is 82.0 Å². The van der Waals surface area contributed by atoms with Gasteiger partial charge in [0.1, 0.15) is 0 Å². The molecule has 0 aliphatic rings. The van der Waals surface area contributed by atoms with Gasteiger partial charge in [0, 0.05) is 10.7 Å².